The maximum absolute atomic E-state index is 5.87. The first kappa shape index (κ1) is 7.17. The molecular formula is C10H11Cl. The molecule has 1 aromatic rings. The van der Waals surface area contributed by atoms with Gasteiger partial charge in [-0.05, 0) is 36.5 Å². The van der Waals surface area contributed by atoms with Gasteiger partial charge in [-0.25, -0.2) is 0 Å². The van der Waals surface area contributed by atoms with E-state index < -0.39 is 0 Å². The molecule has 0 bridgehead atoms. The second kappa shape index (κ2) is 2.86. The predicted molar refractivity (Wildman–Crippen MR) is 48.0 cm³/mol. The Morgan fingerprint density at radius 3 is 2.64 bits per heavy atom. The summed E-state index contributed by atoms with van der Waals surface area (Å²) in [5, 5.41) is 0.870. The third kappa shape index (κ3) is 1.41. The Bertz CT molecular complexity index is 251. The first-order valence-corrected chi connectivity index (χ1v) is 4.49. The van der Waals surface area contributed by atoms with Crippen LogP contribution in [0, 0.1) is 0 Å². The Hall–Kier alpha value is -0.490. The topological polar surface area (TPSA) is 0 Å². The van der Waals surface area contributed by atoms with Crippen molar-refractivity contribution in [2.24, 2.45) is 0 Å². The van der Waals surface area contributed by atoms with Gasteiger partial charge < -0.3 is 0 Å². The summed E-state index contributed by atoms with van der Waals surface area (Å²) in [7, 11) is 0. The smallest absolute Gasteiger partial charge is 0.0408 e. The lowest BCUT2D eigenvalue weighted by Gasteiger charge is -2.25. The minimum absolute atomic E-state index is 0.800. The van der Waals surface area contributed by atoms with E-state index in [1.807, 2.05) is 12.1 Å². The summed E-state index contributed by atoms with van der Waals surface area (Å²) >= 11 is 5.87. The molecule has 0 aromatic heterocycles. The number of benzene rings is 1. The van der Waals surface area contributed by atoms with E-state index in [0.717, 1.165) is 10.9 Å². The van der Waals surface area contributed by atoms with E-state index in [2.05, 4.69) is 12.1 Å². The van der Waals surface area contributed by atoms with Gasteiger partial charge in [-0.1, -0.05) is 30.2 Å². The minimum atomic E-state index is 0.800. The average molecular weight is 167 g/mol. The zero-order valence-electron chi connectivity index (χ0n) is 6.39. The van der Waals surface area contributed by atoms with Crippen LogP contribution in [-0.4, -0.2) is 0 Å². The van der Waals surface area contributed by atoms with Crippen LogP contribution < -0.4 is 0 Å². The molecule has 0 spiro atoms. The first-order chi connectivity index (χ1) is 5.36. The summed E-state index contributed by atoms with van der Waals surface area (Å²) in [5.74, 6) is 0.800. The molecule has 1 aliphatic rings. The fraction of sp³-hybridized carbons (Fsp3) is 0.400. The van der Waals surface area contributed by atoms with E-state index in [0.29, 0.717) is 0 Å². The van der Waals surface area contributed by atoms with Crippen molar-refractivity contribution in [2.45, 2.75) is 25.2 Å². The summed E-state index contributed by atoms with van der Waals surface area (Å²) in [6.45, 7) is 0. The molecule has 0 saturated heterocycles. The number of halogens is 1. The van der Waals surface area contributed by atoms with E-state index in [1.165, 1.54) is 24.8 Å². The Balaban J connectivity index is 2.23. The van der Waals surface area contributed by atoms with Crippen LogP contribution in [0.1, 0.15) is 30.7 Å². The molecule has 2 rings (SSSR count). The second-order valence-electron chi connectivity index (χ2n) is 3.18. The summed E-state index contributed by atoms with van der Waals surface area (Å²) in [6, 6.07) is 8.24. The van der Waals surface area contributed by atoms with Gasteiger partial charge in [0.2, 0.25) is 0 Å². The van der Waals surface area contributed by atoms with Gasteiger partial charge in [-0.3, -0.25) is 0 Å². The zero-order chi connectivity index (χ0) is 7.68. The van der Waals surface area contributed by atoms with Crippen molar-refractivity contribution < 1.29 is 0 Å². The zero-order valence-corrected chi connectivity index (χ0v) is 7.14. The van der Waals surface area contributed by atoms with Crippen molar-refractivity contribution >= 4 is 11.6 Å². The third-order valence-electron chi connectivity index (χ3n) is 2.43. The van der Waals surface area contributed by atoms with Crippen LogP contribution >= 0.6 is 11.6 Å². The van der Waals surface area contributed by atoms with Crippen LogP contribution in [0.3, 0.4) is 0 Å². The van der Waals surface area contributed by atoms with Gasteiger partial charge in [-0.15, -0.1) is 0 Å². The SMILES string of the molecule is Clc1cccc(C2CCC2)c1. The molecule has 0 atom stereocenters. The van der Waals surface area contributed by atoms with Crippen molar-refractivity contribution in [3.63, 3.8) is 0 Å². The maximum Gasteiger partial charge on any atom is 0.0408 e. The highest BCUT2D eigenvalue weighted by Crippen LogP contribution is 2.36. The summed E-state index contributed by atoms with van der Waals surface area (Å²) in [4.78, 5) is 0. The highest BCUT2D eigenvalue weighted by atomic mass is 35.5. The molecule has 1 heteroatoms. The standard InChI is InChI=1S/C10H11Cl/c11-10-6-2-5-9(7-10)8-3-1-4-8/h2,5-8H,1,3-4H2. The fourth-order valence-electron chi connectivity index (χ4n) is 1.50. The van der Waals surface area contributed by atoms with E-state index in [-0.39, 0.29) is 0 Å². The van der Waals surface area contributed by atoms with Crippen molar-refractivity contribution in [2.75, 3.05) is 0 Å². The van der Waals surface area contributed by atoms with Gasteiger partial charge in [0.25, 0.3) is 0 Å². The maximum atomic E-state index is 5.87. The van der Waals surface area contributed by atoms with Gasteiger partial charge in [-0.2, -0.15) is 0 Å². The molecule has 11 heavy (non-hydrogen) atoms. The molecule has 0 amide bonds. The highest BCUT2D eigenvalue weighted by molar-refractivity contribution is 6.30. The molecule has 58 valence electrons. The van der Waals surface area contributed by atoms with Gasteiger partial charge in [0, 0.05) is 5.02 Å². The second-order valence-corrected chi connectivity index (χ2v) is 3.62. The van der Waals surface area contributed by atoms with E-state index >= 15 is 0 Å². The highest BCUT2D eigenvalue weighted by Gasteiger charge is 2.18. The van der Waals surface area contributed by atoms with Crippen LogP contribution in [0.15, 0.2) is 24.3 Å². The number of hydrogen-bond acceptors (Lipinski definition) is 0. The lowest BCUT2D eigenvalue weighted by atomic mass is 9.80. The lowest BCUT2D eigenvalue weighted by Crippen LogP contribution is -2.08. The van der Waals surface area contributed by atoms with Crippen LogP contribution in [-0.2, 0) is 0 Å². The minimum Gasteiger partial charge on any atom is -0.0843 e. The summed E-state index contributed by atoms with van der Waals surface area (Å²) in [6.07, 6.45) is 4.08. The number of rotatable bonds is 1. The molecule has 1 aromatic carbocycles. The summed E-state index contributed by atoms with van der Waals surface area (Å²) in [5.41, 5.74) is 1.42. The molecule has 1 saturated carbocycles. The molecule has 1 fully saturated rings. The van der Waals surface area contributed by atoms with Crippen LogP contribution in [0.25, 0.3) is 0 Å². The molecule has 0 heterocycles. The number of hydrogen-bond donors (Lipinski definition) is 0. The largest absolute Gasteiger partial charge is 0.0843 e. The molecular weight excluding hydrogens is 156 g/mol. The van der Waals surface area contributed by atoms with E-state index in [4.69, 9.17) is 11.6 Å². The van der Waals surface area contributed by atoms with Crippen molar-refractivity contribution in [1.29, 1.82) is 0 Å². The van der Waals surface area contributed by atoms with Crippen LogP contribution in [0.4, 0.5) is 0 Å². The van der Waals surface area contributed by atoms with E-state index in [9.17, 15) is 0 Å². The van der Waals surface area contributed by atoms with Crippen molar-refractivity contribution in [1.82, 2.24) is 0 Å². The molecule has 0 radical (unpaired) electrons. The Labute approximate surface area is 72.2 Å². The third-order valence-corrected chi connectivity index (χ3v) is 2.66. The van der Waals surface area contributed by atoms with Gasteiger partial charge in [0.15, 0.2) is 0 Å². The predicted octanol–water partition coefficient (Wildman–Crippen LogP) is 3.61. The molecule has 0 N–H and O–H groups in total. The Morgan fingerprint density at radius 1 is 1.27 bits per heavy atom. The summed E-state index contributed by atoms with van der Waals surface area (Å²) < 4.78 is 0. The van der Waals surface area contributed by atoms with Gasteiger partial charge in [0.05, 0.1) is 0 Å². The molecule has 0 aliphatic heterocycles. The van der Waals surface area contributed by atoms with Crippen LogP contribution in [0.2, 0.25) is 5.02 Å². The van der Waals surface area contributed by atoms with Crippen molar-refractivity contribution in [3.05, 3.63) is 34.9 Å². The fourth-order valence-corrected chi connectivity index (χ4v) is 1.70. The first-order valence-electron chi connectivity index (χ1n) is 4.12. The van der Waals surface area contributed by atoms with Gasteiger partial charge >= 0.3 is 0 Å². The lowest BCUT2D eigenvalue weighted by molar-refractivity contribution is 0.420. The molecule has 0 unspecified atom stereocenters. The van der Waals surface area contributed by atoms with Gasteiger partial charge in [0.1, 0.15) is 0 Å². The van der Waals surface area contributed by atoms with Crippen LogP contribution in [0.5, 0.6) is 0 Å². The molecule has 1 aliphatic carbocycles. The Morgan fingerprint density at radius 2 is 2.09 bits per heavy atom. The quantitative estimate of drug-likeness (QED) is 0.598. The average Bonchev–Trinajstić information content (AvgIpc) is 1.83. The molecule has 0 nitrogen and oxygen atoms in total. The normalized spacial score (nSPS) is 17.9. The van der Waals surface area contributed by atoms with Crippen molar-refractivity contribution in [3.8, 4) is 0 Å². The van der Waals surface area contributed by atoms with E-state index in [1.54, 1.807) is 0 Å². The monoisotopic (exact) mass is 166 g/mol. The Kier molecular flexibility index (Phi) is 1.87.